The van der Waals surface area contributed by atoms with Gasteiger partial charge in [0.15, 0.2) is 10.1 Å². The minimum absolute atomic E-state index is 1.20. The predicted molar refractivity (Wildman–Crippen MR) is 159 cm³/mol. The zero-order valence-electron chi connectivity index (χ0n) is 21.9. The van der Waals surface area contributed by atoms with Gasteiger partial charge in [0.1, 0.15) is 0 Å². The van der Waals surface area contributed by atoms with Crippen molar-refractivity contribution in [3.63, 3.8) is 0 Å². The highest BCUT2D eigenvalue weighted by Gasteiger charge is 2.37. The summed E-state index contributed by atoms with van der Waals surface area (Å²) < 4.78 is 61.4. The second kappa shape index (κ2) is 10.6. The highest BCUT2D eigenvalue weighted by Crippen LogP contribution is 2.36. The monoisotopic (exact) mass is 581 g/mol. The molecule has 7 rings (SSSR count). The molecule has 0 saturated heterocycles. The van der Waals surface area contributed by atoms with Crippen molar-refractivity contribution in [2.75, 3.05) is 0 Å². The van der Waals surface area contributed by atoms with E-state index in [9.17, 15) is 13.2 Å². The second-order valence-corrected chi connectivity index (χ2v) is 11.1. The first kappa shape index (κ1) is 27.4. The maximum absolute atomic E-state index is 10.7. The maximum Gasteiger partial charge on any atom is 0.485 e. The summed E-state index contributed by atoms with van der Waals surface area (Å²) in [6.45, 7) is 0. The topological polar surface area (TPSA) is 61.3 Å². The molecule has 0 radical (unpaired) electrons. The van der Waals surface area contributed by atoms with Crippen LogP contribution in [0.4, 0.5) is 13.2 Å². The highest BCUT2D eigenvalue weighted by atomic mass is 32.2. The van der Waals surface area contributed by atoms with E-state index < -0.39 is 15.6 Å². The molecule has 42 heavy (non-hydrogen) atoms. The molecule has 0 atom stereocenters. The third-order valence-electron chi connectivity index (χ3n) is 7.14. The van der Waals surface area contributed by atoms with Crippen LogP contribution in [0.5, 0.6) is 0 Å². The van der Waals surface area contributed by atoms with Gasteiger partial charge in [0.05, 0.1) is 10.9 Å². The van der Waals surface area contributed by atoms with Gasteiger partial charge in [-0.05, 0) is 57.3 Å². The number of benzene rings is 5. The third kappa shape index (κ3) is 4.95. The van der Waals surface area contributed by atoms with Gasteiger partial charge < -0.3 is 4.55 Å². The van der Waals surface area contributed by atoms with Crippen LogP contribution in [0.2, 0.25) is 0 Å². The fourth-order valence-electron chi connectivity index (χ4n) is 5.35. The number of hydrogen-bond acceptors (Lipinski definition) is 3. The van der Waals surface area contributed by atoms with Crippen molar-refractivity contribution in [1.82, 2.24) is 0 Å². The van der Waals surface area contributed by atoms with Crippen molar-refractivity contribution in [3.05, 3.63) is 133 Å². The van der Waals surface area contributed by atoms with Crippen LogP contribution in [0.15, 0.2) is 133 Å². The Morgan fingerprint density at radius 1 is 0.548 bits per heavy atom. The first-order chi connectivity index (χ1) is 20.1. The summed E-state index contributed by atoms with van der Waals surface area (Å²) in [6.07, 6.45) is 0. The molecule has 0 bridgehead atoms. The highest BCUT2D eigenvalue weighted by molar-refractivity contribution is 7.86. The van der Waals surface area contributed by atoms with E-state index in [0.29, 0.717) is 0 Å². The summed E-state index contributed by atoms with van der Waals surface area (Å²) in [5.74, 6) is 0. The maximum atomic E-state index is 10.7. The Balaban J connectivity index is 0.000000350. The van der Waals surface area contributed by atoms with Gasteiger partial charge in [-0.15, -0.1) is 0 Å². The van der Waals surface area contributed by atoms with Crippen molar-refractivity contribution in [2.45, 2.75) is 5.51 Å². The Labute approximate surface area is 239 Å². The molecule has 0 aliphatic rings. The predicted octanol–water partition coefficient (Wildman–Crippen LogP) is 8.27. The van der Waals surface area contributed by atoms with E-state index in [1.54, 1.807) is 0 Å². The third-order valence-corrected chi connectivity index (χ3v) is 7.71. The Hall–Kier alpha value is -4.79. The molecule has 2 heterocycles. The van der Waals surface area contributed by atoms with Crippen LogP contribution in [0.3, 0.4) is 0 Å². The molecular formula is C34H22F3NO3S. The minimum Gasteiger partial charge on any atom is -0.741 e. The van der Waals surface area contributed by atoms with Gasteiger partial charge in [-0.1, -0.05) is 84.9 Å². The lowest BCUT2D eigenvalue weighted by Gasteiger charge is -2.12. The van der Waals surface area contributed by atoms with E-state index in [2.05, 4.69) is 138 Å². The van der Waals surface area contributed by atoms with Gasteiger partial charge in [0.2, 0.25) is 16.9 Å². The number of hydrogen-bond donors (Lipinski definition) is 0. The lowest BCUT2D eigenvalue weighted by molar-refractivity contribution is -0.485. The molecule has 8 heteroatoms. The normalized spacial score (nSPS) is 12.0. The van der Waals surface area contributed by atoms with Crippen LogP contribution < -0.4 is 4.40 Å². The number of halogens is 3. The van der Waals surface area contributed by atoms with Gasteiger partial charge in [0.25, 0.3) is 0 Å². The number of rotatable bonds is 2. The zero-order chi connectivity index (χ0) is 29.5. The zero-order valence-corrected chi connectivity index (χ0v) is 22.7. The Bertz CT molecular complexity index is 2160. The fraction of sp³-hybridized carbons (Fsp3) is 0.0294. The second-order valence-electron chi connectivity index (χ2n) is 9.71. The first-order valence-electron chi connectivity index (χ1n) is 13.0. The summed E-state index contributed by atoms with van der Waals surface area (Å²) in [5.41, 5.74) is 0.452. The van der Waals surface area contributed by atoms with E-state index in [0.717, 1.165) is 0 Å². The van der Waals surface area contributed by atoms with Crippen LogP contribution in [0, 0.1) is 0 Å². The van der Waals surface area contributed by atoms with Gasteiger partial charge in [-0.3, -0.25) is 0 Å². The molecule has 0 fully saturated rings. The summed E-state index contributed by atoms with van der Waals surface area (Å²) in [5, 5.41) is 7.57. The summed E-state index contributed by atoms with van der Waals surface area (Å²) in [7, 11) is -6.09. The van der Waals surface area contributed by atoms with Gasteiger partial charge >= 0.3 is 5.51 Å². The van der Waals surface area contributed by atoms with Crippen LogP contribution in [0.25, 0.3) is 60.3 Å². The van der Waals surface area contributed by atoms with Gasteiger partial charge in [-0.25, -0.2) is 8.42 Å². The van der Waals surface area contributed by atoms with Crippen molar-refractivity contribution < 1.29 is 30.5 Å². The number of nitrogens with zero attached hydrogens (tertiary/aromatic N) is 1. The molecule has 0 saturated carbocycles. The smallest absolute Gasteiger partial charge is 0.485 e. The van der Waals surface area contributed by atoms with Gasteiger partial charge in [0, 0.05) is 23.8 Å². The van der Waals surface area contributed by atoms with Crippen LogP contribution in [-0.2, 0) is 10.1 Å². The molecule has 208 valence electrons. The molecule has 4 nitrogen and oxygen atoms in total. The lowest BCUT2D eigenvalue weighted by atomic mass is 9.93. The summed E-state index contributed by atoms with van der Waals surface area (Å²) >= 11 is 0. The Morgan fingerprint density at radius 2 is 1.02 bits per heavy atom. The Kier molecular flexibility index (Phi) is 6.88. The van der Waals surface area contributed by atoms with E-state index >= 15 is 0 Å². The molecular weight excluding hydrogens is 559 g/mol. The first-order valence-corrected chi connectivity index (χ1v) is 14.4. The quantitative estimate of drug-likeness (QED) is 0.0679. The number of fused-ring (bicyclic) bond motifs is 5. The summed E-state index contributed by atoms with van der Waals surface area (Å²) in [4.78, 5) is 0. The SMILES string of the molecule is O=S(=O)([O-])C(F)(F)F.c1ccc(-c2cc3ccccc3c3cccc(-c4c5ccccc5cc5ccccc45)[n+]23)cc1. The van der Waals surface area contributed by atoms with Crippen LogP contribution >= 0.6 is 0 Å². The molecule has 0 spiro atoms. The molecule has 2 aromatic heterocycles. The van der Waals surface area contributed by atoms with E-state index in [1.807, 2.05) is 0 Å². The van der Waals surface area contributed by atoms with Crippen molar-refractivity contribution in [2.24, 2.45) is 0 Å². The van der Waals surface area contributed by atoms with E-state index in [-0.39, 0.29) is 0 Å². The van der Waals surface area contributed by atoms with Crippen molar-refractivity contribution >= 4 is 48.0 Å². The van der Waals surface area contributed by atoms with Crippen LogP contribution in [-0.4, -0.2) is 18.5 Å². The number of pyridine rings is 2. The minimum atomic E-state index is -6.09. The molecule has 0 aliphatic heterocycles. The number of aromatic nitrogens is 1. The molecule has 0 aliphatic carbocycles. The van der Waals surface area contributed by atoms with Gasteiger partial charge in [-0.2, -0.15) is 17.6 Å². The Morgan fingerprint density at radius 3 is 1.57 bits per heavy atom. The summed E-state index contributed by atoms with van der Waals surface area (Å²) in [6, 6.07) is 48.2. The number of alkyl halides is 3. The molecule has 0 unspecified atom stereocenters. The largest absolute Gasteiger partial charge is 0.741 e. The average molecular weight is 582 g/mol. The standard InChI is InChI=1S/C33H22N.CHF3O3S/c1-2-11-23(12-3-1)32-22-26-15-4-7-16-27(26)30-19-10-20-31(34(30)32)33-28-17-8-5-13-24(28)21-25-14-6-9-18-29(25)33;2-1(3,4)8(5,6)7/h1-22H;(H,5,6,7)/q+1;/p-1. The molecule has 0 N–H and O–H groups in total. The van der Waals surface area contributed by atoms with Crippen molar-refractivity contribution in [3.8, 4) is 22.5 Å². The molecule has 5 aromatic carbocycles. The fourth-order valence-corrected chi connectivity index (χ4v) is 5.35. The van der Waals surface area contributed by atoms with Crippen molar-refractivity contribution in [1.29, 1.82) is 0 Å². The average Bonchev–Trinajstić information content (AvgIpc) is 2.99. The molecule has 0 amide bonds. The van der Waals surface area contributed by atoms with E-state index in [4.69, 9.17) is 13.0 Å². The van der Waals surface area contributed by atoms with Crippen LogP contribution in [0.1, 0.15) is 0 Å². The van der Waals surface area contributed by atoms with E-state index in [1.165, 1.54) is 60.3 Å². The molecule has 7 aromatic rings. The lowest BCUT2D eigenvalue weighted by Crippen LogP contribution is -2.28.